The molecule has 0 bridgehead atoms. The molecule has 3 aromatic carbocycles. The zero-order valence-electron chi connectivity index (χ0n) is 16.9. The first-order chi connectivity index (χ1) is 13.4. The van der Waals surface area contributed by atoms with Gasteiger partial charge < -0.3 is 9.16 Å². The maximum absolute atomic E-state index is 13.8. The van der Waals surface area contributed by atoms with Gasteiger partial charge in [0.05, 0.1) is 13.7 Å². The Hall–Kier alpha value is -2.43. The molecule has 0 N–H and O–H groups in total. The monoisotopic (exact) mass is 394 g/mol. The fourth-order valence-corrected chi connectivity index (χ4v) is 8.29. The molecule has 0 radical (unpaired) electrons. The second kappa shape index (κ2) is 8.29. The van der Waals surface area contributed by atoms with Crippen LogP contribution in [0.2, 0.25) is 5.04 Å². The van der Waals surface area contributed by atoms with Crippen LogP contribution >= 0.6 is 0 Å². The van der Waals surface area contributed by atoms with Gasteiger partial charge in [-0.25, -0.2) is 4.39 Å². The Morgan fingerprint density at radius 1 is 0.821 bits per heavy atom. The second-order valence-corrected chi connectivity index (χ2v) is 12.2. The molecule has 0 fully saturated rings. The Kier molecular flexibility index (Phi) is 6.01. The molecule has 0 aliphatic rings. The molecule has 28 heavy (non-hydrogen) atoms. The summed E-state index contributed by atoms with van der Waals surface area (Å²) in [4.78, 5) is 0. The predicted octanol–water partition coefficient (Wildman–Crippen LogP) is 4.91. The summed E-state index contributed by atoms with van der Waals surface area (Å²) in [6.07, 6.45) is 0. The van der Waals surface area contributed by atoms with Crippen LogP contribution in [-0.4, -0.2) is 15.4 Å². The lowest BCUT2D eigenvalue weighted by molar-refractivity contribution is 0.285. The predicted molar refractivity (Wildman–Crippen MR) is 115 cm³/mol. The minimum Gasteiger partial charge on any atom is -0.494 e. The van der Waals surface area contributed by atoms with Crippen LogP contribution in [0.4, 0.5) is 4.39 Å². The fraction of sp³-hybridized carbons (Fsp3) is 0.250. The van der Waals surface area contributed by atoms with Crippen LogP contribution in [0.15, 0.2) is 78.9 Å². The van der Waals surface area contributed by atoms with Crippen molar-refractivity contribution in [3.8, 4) is 5.75 Å². The summed E-state index contributed by atoms with van der Waals surface area (Å²) in [6, 6.07) is 25.9. The summed E-state index contributed by atoms with van der Waals surface area (Å²) in [5.74, 6) is -0.125. The van der Waals surface area contributed by atoms with Crippen LogP contribution in [0.3, 0.4) is 0 Å². The van der Waals surface area contributed by atoms with Crippen molar-refractivity contribution in [1.82, 2.24) is 0 Å². The largest absolute Gasteiger partial charge is 0.494 e. The Morgan fingerprint density at radius 3 is 1.82 bits per heavy atom. The van der Waals surface area contributed by atoms with E-state index in [0.717, 1.165) is 5.56 Å². The van der Waals surface area contributed by atoms with Gasteiger partial charge in [0.15, 0.2) is 11.6 Å². The molecule has 0 aliphatic carbocycles. The number of methoxy groups -OCH3 is 1. The minimum absolute atomic E-state index is 0.0974. The van der Waals surface area contributed by atoms with Crippen LogP contribution in [0.25, 0.3) is 0 Å². The maximum atomic E-state index is 13.8. The molecule has 3 aromatic rings. The summed E-state index contributed by atoms with van der Waals surface area (Å²) in [5, 5.41) is 2.35. The summed E-state index contributed by atoms with van der Waals surface area (Å²) in [5.41, 5.74) is 0.895. The number of benzene rings is 3. The quantitative estimate of drug-likeness (QED) is 0.553. The summed E-state index contributed by atoms with van der Waals surface area (Å²) in [6.45, 7) is 7.11. The van der Waals surface area contributed by atoms with Crippen LogP contribution in [0.5, 0.6) is 5.75 Å². The molecule has 0 saturated heterocycles. The number of hydrogen-bond acceptors (Lipinski definition) is 2. The fourth-order valence-electron chi connectivity index (χ4n) is 3.75. The van der Waals surface area contributed by atoms with Gasteiger partial charge in [0, 0.05) is 0 Å². The summed E-state index contributed by atoms with van der Waals surface area (Å²) < 4.78 is 25.8. The number of rotatable bonds is 6. The first-order valence-electron chi connectivity index (χ1n) is 9.46. The zero-order chi connectivity index (χ0) is 20.2. The van der Waals surface area contributed by atoms with Crippen molar-refractivity contribution in [3.05, 3.63) is 90.2 Å². The lowest BCUT2D eigenvalue weighted by Crippen LogP contribution is -2.66. The van der Waals surface area contributed by atoms with Crippen molar-refractivity contribution < 1.29 is 13.6 Å². The van der Waals surface area contributed by atoms with Crippen molar-refractivity contribution >= 4 is 18.7 Å². The molecule has 0 atom stereocenters. The molecular weight excluding hydrogens is 367 g/mol. The van der Waals surface area contributed by atoms with E-state index in [1.54, 1.807) is 12.1 Å². The van der Waals surface area contributed by atoms with E-state index in [-0.39, 0.29) is 16.6 Å². The van der Waals surface area contributed by atoms with Gasteiger partial charge >= 0.3 is 0 Å². The van der Waals surface area contributed by atoms with Crippen molar-refractivity contribution in [1.29, 1.82) is 0 Å². The van der Waals surface area contributed by atoms with Gasteiger partial charge in [0.1, 0.15) is 0 Å². The van der Waals surface area contributed by atoms with E-state index in [0.29, 0.717) is 6.61 Å². The number of hydrogen-bond donors (Lipinski definition) is 0. The van der Waals surface area contributed by atoms with E-state index in [2.05, 4.69) is 69.3 Å². The minimum atomic E-state index is -2.61. The maximum Gasteiger partial charge on any atom is 0.261 e. The molecule has 0 aromatic heterocycles. The molecule has 0 spiro atoms. The van der Waals surface area contributed by atoms with Crippen LogP contribution in [-0.2, 0) is 11.0 Å². The lowest BCUT2D eigenvalue weighted by atomic mass is 10.2. The summed E-state index contributed by atoms with van der Waals surface area (Å²) >= 11 is 0. The van der Waals surface area contributed by atoms with Gasteiger partial charge in [-0.1, -0.05) is 87.5 Å². The molecule has 146 valence electrons. The highest BCUT2D eigenvalue weighted by molar-refractivity contribution is 6.99. The Bertz CT molecular complexity index is 865. The highest BCUT2D eigenvalue weighted by atomic mass is 28.4. The first-order valence-corrected chi connectivity index (χ1v) is 11.4. The normalized spacial score (nSPS) is 12.0. The van der Waals surface area contributed by atoms with Gasteiger partial charge in [-0.3, -0.25) is 0 Å². The van der Waals surface area contributed by atoms with E-state index in [1.807, 2.05) is 12.1 Å². The van der Waals surface area contributed by atoms with Crippen molar-refractivity contribution in [2.45, 2.75) is 32.4 Å². The molecule has 2 nitrogen and oxygen atoms in total. The third-order valence-electron chi connectivity index (χ3n) is 5.09. The Labute approximate surface area is 168 Å². The Morgan fingerprint density at radius 2 is 1.36 bits per heavy atom. The van der Waals surface area contributed by atoms with Gasteiger partial charge in [-0.05, 0) is 33.1 Å². The average molecular weight is 395 g/mol. The smallest absolute Gasteiger partial charge is 0.261 e. The highest BCUT2D eigenvalue weighted by Gasteiger charge is 2.50. The van der Waals surface area contributed by atoms with Gasteiger partial charge in [0.2, 0.25) is 0 Å². The van der Waals surface area contributed by atoms with E-state index >= 15 is 0 Å². The van der Waals surface area contributed by atoms with Crippen LogP contribution in [0.1, 0.15) is 26.3 Å². The highest BCUT2D eigenvalue weighted by Crippen LogP contribution is 2.37. The topological polar surface area (TPSA) is 18.5 Å². The third kappa shape index (κ3) is 3.89. The first kappa shape index (κ1) is 20.3. The molecule has 3 rings (SSSR count). The van der Waals surface area contributed by atoms with E-state index < -0.39 is 8.32 Å². The SMILES string of the molecule is COc1cc(CO[Si](c2ccccc2)(c2ccccc2)C(C)(C)C)ccc1F. The molecular formula is C24H27FO2Si. The third-order valence-corrected chi connectivity index (χ3v) is 10.1. The summed E-state index contributed by atoms with van der Waals surface area (Å²) in [7, 11) is -1.13. The van der Waals surface area contributed by atoms with Gasteiger partial charge in [0.25, 0.3) is 8.32 Å². The van der Waals surface area contributed by atoms with E-state index in [4.69, 9.17) is 9.16 Å². The number of ether oxygens (including phenoxy) is 1. The van der Waals surface area contributed by atoms with Gasteiger partial charge in [-0.15, -0.1) is 0 Å². The standard InChI is InChI=1S/C24H27FO2Si/c1-24(2,3)28(20-11-7-5-8-12-20,21-13-9-6-10-14-21)27-18-19-15-16-22(25)23(17-19)26-4/h5-17H,18H2,1-4H3. The van der Waals surface area contributed by atoms with Crippen molar-refractivity contribution in [2.75, 3.05) is 7.11 Å². The zero-order valence-corrected chi connectivity index (χ0v) is 17.9. The second-order valence-electron chi connectivity index (χ2n) is 7.92. The van der Waals surface area contributed by atoms with E-state index in [9.17, 15) is 4.39 Å². The molecule has 0 saturated carbocycles. The molecule has 0 amide bonds. The van der Waals surface area contributed by atoms with Crippen molar-refractivity contribution in [2.24, 2.45) is 0 Å². The average Bonchev–Trinajstić information content (AvgIpc) is 2.70. The molecule has 0 unspecified atom stereocenters. The molecule has 0 heterocycles. The van der Waals surface area contributed by atoms with E-state index in [1.165, 1.54) is 23.5 Å². The Balaban J connectivity index is 2.08. The molecule has 4 heteroatoms. The van der Waals surface area contributed by atoms with Crippen LogP contribution in [0, 0.1) is 5.82 Å². The molecule has 0 aliphatic heterocycles. The lowest BCUT2D eigenvalue weighted by Gasteiger charge is -2.43. The van der Waals surface area contributed by atoms with Crippen LogP contribution < -0.4 is 15.1 Å². The number of halogens is 1. The van der Waals surface area contributed by atoms with Crippen molar-refractivity contribution in [3.63, 3.8) is 0 Å². The van der Waals surface area contributed by atoms with Gasteiger partial charge in [-0.2, -0.15) is 0 Å².